The zero-order valence-corrected chi connectivity index (χ0v) is 8.80. The number of hydrogen-bond acceptors (Lipinski definition) is 5. The highest BCUT2D eigenvalue weighted by molar-refractivity contribution is 7.99. The molecule has 74 valence electrons. The molecule has 1 unspecified atom stereocenters. The predicted molar refractivity (Wildman–Crippen MR) is 52.6 cm³/mol. The molecule has 13 heavy (non-hydrogen) atoms. The second kappa shape index (κ2) is 5.24. The Kier molecular flexibility index (Phi) is 4.24. The van der Waals surface area contributed by atoms with Gasteiger partial charge >= 0.3 is 0 Å². The maximum Gasteiger partial charge on any atom is 0.276 e. The molecule has 0 bridgehead atoms. The van der Waals surface area contributed by atoms with Crippen LogP contribution in [0.25, 0.3) is 0 Å². The zero-order chi connectivity index (χ0) is 9.68. The molecule has 0 saturated heterocycles. The highest BCUT2D eigenvalue weighted by atomic mass is 32.2. The van der Waals surface area contributed by atoms with Gasteiger partial charge in [0.05, 0.1) is 0 Å². The largest absolute Gasteiger partial charge is 0.416 e. The summed E-state index contributed by atoms with van der Waals surface area (Å²) in [6, 6.07) is 0.224. The van der Waals surface area contributed by atoms with Crippen LogP contribution >= 0.6 is 11.8 Å². The van der Waals surface area contributed by atoms with Crippen LogP contribution in [-0.4, -0.2) is 22.0 Å². The second-order valence-electron chi connectivity index (χ2n) is 2.95. The van der Waals surface area contributed by atoms with Gasteiger partial charge in [-0.15, -0.1) is 10.2 Å². The van der Waals surface area contributed by atoms with Gasteiger partial charge in [-0.3, -0.25) is 0 Å². The smallest absolute Gasteiger partial charge is 0.276 e. The van der Waals surface area contributed by atoms with Crippen molar-refractivity contribution in [2.45, 2.75) is 38.0 Å². The van der Waals surface area contributed by atoms with Crippen LogP contribution in [0.2, 0.25) is 0 Å². The number of aromatic nitrogens is 2. The van der Waals surface area contributed by atoms with E-state index in [2.05, 4.69) is 17.1 Å². The summed E-state index contributed by atoms with van der Waals surface area (Å²) in [5, 5.41) is 8.22. The molecule has 1 rings (SSSR count). The lowest BCUT2D eigenvalue weighted by atomic mass is 10.2. The minimum atomic E-state index is 0.224. The van der Waals surface area contributed by atoms with E-state index in [-0.39, 0.29) is 6.04 Å². The number of hydrogen-bond donors (Lipinski definition) is 1. The first-order valence-electron chi connectivity index (χ1n) is 4.41. The molecule has 0 spiro atoms. The zero-order valence-electron chi connectivity index (χ0n) is 7.99. The maximum atomic E-state index is 5.83. The summed E-state index contributed by atoms with van der Waals surface area (Å²) in [4.78, 5) is 0. The second-order valence-corrected chi connectivity index (χ2v) is 3.92. The predicted octanol–water partition coefficient (Wildman–Crippen LogP) is 1.60. The van der Waals surface area contributed by atoms with Crippen molar-refractivity contribution in [2.24, 2.45) is 5.73 Å². The Labute approximate surface area is 82.3 Å². The molecule has 0 aliphatic carbocycles. The van der Waals surface area contributed by atoms with E-state index in [0.717, 1.165) is 18.6 Å². The SMILES string of the molecule is CCCC(N)CSc1nnc(C)o1. The quantitative estimate of drug-likeness (QED) is 0.733. The highest BCUT2D eigenvalue weighted by Gasteiger charge is 2.06. The summed E-state index contributed by atoms with van der Waals surface area (Å²) in [5.41, 5.74) is 5.83. The first-order valence-corrected chi connectivity index (χ1v) is 5.39. The molecule has 2 N–H and O–H groups in total. The molecular formula is C8H15N3OS. The Hall–Kier alpha value is -0.550. The number of thioether (sulfide) groups is 1. The van der Waals surface area contributed by atoms with Crippen molar-refractivity contribution in [3.63, 3.8) is 0 Å². The number of rotatable bonds is 5. The summed E-state index contributed by atoms with van der Waals surface area (Å²) in [6.45, 7) is 3.91. The van der Waals surface area contributed by atoms with Gasteiger partial charge in [0.1, 0.15) is 0 Å². The van der Waals surface area contributed by atoms with Crippen molar-refractivity contribution in [1.29, 1.82) is 0 Å². The first-order chi connectivity index (χ1) is 6.22. The van der Waals surface area contributed by atoms with Crippen LogP contribution in [0.15, 0.2) is 9.64 Å². The molecule has 0 aliphatic rings. The Bertz CT molecular complexity index is 251. The fourth-order valence-corrected chi connectivity index (χ4v) is 1.77. The summed E-state index contributed by atoms with van der Waals surface area (Å²) in [6.07, 6.45) is 2.16. The molecule has 4 nitrogen and oxygen atoms in total. The third kappa shape index (κ3) is 3.78. The van der Waals surface area contributed by atoms with E-state index >= 15 is 0 Å². The van der Waals surface area contributed by atoms with Gasteiger partial charge in [-0.2, -0.15) is 0 Å². The molecule has 5 heteroatoms. The van der Waals surface area contributed by atoms with Crippen molar-refractivity contribution in [1.82, 2.24) is 10.2 Å². The molecular weight excluding hydrogens is 186 g/mol. The van der Waals surface area contributed by atoms with Crippen LogP contribution in [-0.2, 0) is 0 Å². The molecule has 0 aromatic carbocycles. The van der Waals surface area contributed by atoms with E-state index in [1.54, 1.807) is 6.92 Å². The fraction of sp³-hybridized carbons (Fsp3) is 0.750. The summed E-state index contributed by atoms with van der Waals surface area (Å²) >= 11 is 1.52. The van der Waals surface area contributed by atoms with Crippen molar-refractivity contribution in [3.05, 3.63) is 5.89 Å². The van der Waals surface area contributed by atoms with Gasteiger partial charge in [-0.1, -0.05) is 25.1 Å². The Morgan fingerprint density at radius 2 is 2.31 bits per heavy atom. The van der Waals surface area contributed by atoms with Gasteiger partial charge in [-0.25, -0.2) is 0 Å². The Morgan fingerprint density at radius 1 is 1.54 bits per heavy atom. The topological polar surface area (TPSA) is 64.9 Å². The van der Waals surface area contributed by atoms with E-state index in [0.29, 0.717) is 11.1 Å². The van der Waals surface area contributed by atoms with Gasteiger partial charge in [0.25, 0.3) is 5.22 Å². The summed E-state index contributed by atoms with van der Waals surface area (Å²) in [7, 11) is 0. The Balaban J connectivity index is 2.26. The lowest BCUT2D eigenvalue weighted by Gasteiger charge is -2.06. The molecule has 1 aromatic heterocycles. The molecule has 1 aromatic rings. The molecule has 0 fully saturated rings. The van der Waals surface area contributed by atoms with Crippen LogP contribution in [0.3, 0.4) is 0 Å². The number of aryl methyl sites for hydroxylation is 1. The van der Waals surface area contributed by atoms with Crippen LogP contribution < -0.4 is 5.73 Å². The minimum Gasteiger partial charge on any atom is -0.416 e. The molecule has 0 saturated carbocycles. The van der Waals surface area contributed by atoms with E-state index in [9.17, 15) is 0 Å². The van der Waals surface area contributed by atoms with Gasteiger partial charge in [0, 0.05) is 18.7 Å². The molecule has 1 atom stereocenters. The van der Waals surface area contributed by atoms with E-state index in [1.165, 1.54) is 11.8 Å². The Morgan fingerprint density at radius 3 is 2.85 bits per heavy atom. The average molecular weight is 201 g/mol. The monoisotopic (exact) mass is 201 g/mol. The average Bonchev–Trinajstić information content (AvgIpc) is 2.49. The third-order valence-electron chi connectivity index (χ3n) is 1.59. The lowest BCUT2D eigenvalue weighted by molar-refractivity contribution is 0.429. The molecule has 0 amide bonds. The van der Waals surface area contributed by atoms with Crippen molar-refractivity contribution < 1.29 is 4.42 Å². The van der Waals surface area contributed by atoms with Crippen molar-refractivity contribution >= 4 is 11.8 Å². The van der Waals surface area contributed by atoms with Crippen LogP contribution in [0.1, 0.15) is 25.7 Å². The van der Waals surface area contributed by atoms with Crippen LogP contribution in [0, 0.1) is 6.92 Å². The van der Waals surface area contributed by atoms with E-state index in [4.69, 9.17) is 10.2 Å². The van der Waals surface area contributed by atoms with Crippen LogP contribution in [0.4, 0.5) is 0 Å². The lowest BCUT2D eigenvalue weighted by Crippen LogP contribution is -2.22. The fourth-order valence-electron chi connectivity index (χ4n) is 0.969. The number of nitrogens with two attached hydrogens (primary N) is 1. The van der Waals surface area contributed by atoms with Gasteiger partial charge in [0.15, 0.2) is 0 Å². The van der Waals surface area contributed by atoms with Crippen molar-refractivity contribution in [2.75, 3.05) is 5.75 Å². The maximum absolute atomic E-state index is 5.83. The standard InChI is InChI=1S/C8H15N3OS/c1-3-4-7(9)5-13-8-11-10-6(2)12-8/h7H,3-5,9H2,1-2H3. The first kappa shape index (κ1) is 10.5. The molecule has 1 heterocycles. The number of nitrogens with zero attached hydrogens (tertiary/aromatic N) is 2. The van der Waals surface area contributed by atoms with E-state index < -0.39 is 0 Å². The van der Waals surface area contributed by atoms with Crippen molar-refractivity contribution in [3.8, 4) is 0 Å². The molecule has 0 radical (unpaired) electrons. The third-order valence-corrected chi connectivity index (χ3v) is 2.59. The van der Waals surface area contributed by atoms with Gasteiger partial charge in [-0.05, 0) is 6.42 Å². The van der Waals surface area contributed by atoms with Gasteiger partial charge < -0.3 is 10.2 Å². The van der Waals surface area contributed by atoms with Gasteiger partial charge in [0.2, 0.25) is 5.89 Å². The molecule has 0 aliphatic heterocycles. The highest BCUT2D eigenvalue weighted by Crippen LogP contribution is 2.17. The minimum absolute atomic E-state index is 0.224. The summed E-state index contributed by atoms with van der Waals surface area (Å²) < 4.78 is 5.20. The van der Waals surface area contributed by atoms with Crippen LogP contribution in [0.5, 0.6) is 0 Å². The normalized spacial score (nSPS) is 13.2. The van der Waals surface area contributed by atoms with E-state index in [1.807, 2.05) is 0 Å². The summed E-state index contributed by atoms with van der Waals surface area (Å²) in [5.74, 6) is 1.45.